The van der Waals surface area contributed by atoms with Gasteiger partial charge in [-0.3, -0.25) is 9.69 Å². The number of carbonyl (C=O) groups excluding carboxylic acids is 1. The fourth-order valence-electron chi connectivity index (χ4n) is 3.32. The first-order valence-electron chi connectivity index (χ1n) is 9.92. The van der Waals surface area contributed by atoms with Crippen LogP contribution >= 0.6 is 11.3 Å². The van der Waals surface area contributed by atoms with E-state index in [1.54, 1.807) is 23.9 Å². The first kappa shape index (κ1) is 19.3. The van der Waals surface area contributed by atoms with Gasteiger partial charge in [0, 0.05) is 25.5 Å². The van der Waals surface area contributed by atoms with Crippen LogP contribution in [0.2, 0.25) is 0 Å². The number of nitrogens with zero attached hydrogens (tertiary/aromatic N) is 4. The number of thiazole rings is 1. The Hall–Kier alpha value is -2.99. The molecule has 148 valence electrons. The normalized spacial score (nSPS) is 11.1. The second-order valence-electron chi connectivity index (χ2n) is 7.01. The Bertz CT molecular complexity index is 1070. The highest BCUT2D eigenvalue weighted by atomic mass is 32.1. The molecule has 0 atom stereocenters. The number of anilines is 1. The Balaban J connectivity index is 1.57. The van der Waals surface area contributed by atoms with Crippen molar-refractivity contribution in [1.82, 2.24) is 14.5 Å². The quantitative estimate of drug-likeness (QED) is 0.427. The van der Waals surface area contributed by atoms with Gasteiger partial charge in [-0.05, 0) is 36.1 Å². The molecular weight excluding hydrogens is 380 g/mol. The van der Waals surface area contributed by atoms with Crippen molar-refractivity contribution in [1.29, 1.82) is 0 Å². The van der Waals surface area contributed by atoms with Crippen LogP contribution in [0.4, 0.5) is 5.13 Å². The van der Waals surface area contributed by atoms with E-state index in [4.69, 9.17) is 4.98 Å². The molecule has 0 spiro atoms. The third-order valence-electron chi connectivity index (χ3n) is 4.94. The molecule has 0 saturated carbocycles. The molecular formula is C23H24N4OS. The lowest BCUT2D eigenvalue weighted by Crippen LogP contribution is -2.33. The zero-order chi connectivity index (χ0) is 20.1. The van der Waals surface area contributed by atoms with Crippen LogP contribution in [0.3, 0.4) is 0 Å². The lowest BCUT2D eigenvalue weighted by atomic mass is 10.1. The zero-order valence-corrected chi connectivity index (χ0v) is 17.3. The maximum Gasteiger partial charge on any atom is 0.233 e. The van der Waals surface area contributed by atoms with Crippen LogP contribution in [0.5, 0.6) is 0 Å². The van der Waals surface area contributed by atoms with Crippen molar-refractivity contribution in [3.63, 3.8) is 0 Å². The number of hydrogen-bond donors (Lipinski definition) is 0. The fourth-order valence-corrected chi connectivity index (χ4v) is 4.39. The summed E-state index contributed by atoms with van der Waals surface area (Å²) in [5.74, 6) is 0.0802. The topological polar surface area (TPSA) is 51.0 Å². The van der Waals surface area contributed by atoms with Gasteiger partial charge in [0.15, 0.2) is 5.13 Å². The predicted octanol–water partition coefficient (Wildman–Crippen LogP) is 4.72. The minimum absolute atomic E-state index is 0.0802. The van der Waals surface area contributed by atoms with Crippen molar-refractivity contribution in [2.45, 2.75) is 32.7 Å². The summed E-state index contributed by atoms with van der Waals surface area (Å²) in [7, 11) is 0. The highest BCUT2D eigenvalue weighted by Gasteiger charge is 2.20. The fraction of sp³-hybridized carbons (Fsp3) is 0.261. The molecule has 0 bridgehead atoms. The molecule has 0 fully saturated rings. The number of carbonyl (C=O) groups is 1. The van der Waals surface area contributed by atoms with Gasteiger partial charge in [0.2, 0.25) is 5.91 Å². The van der Waals surface area contributed by atoms with Crippen LogP contribution in [-0.2, 0) is 24.2 Å². The molecule has 2 heterocycles. The monoisotopic (exact) mass is 404 g/mol. The summed E-state index contributed by atoms with van der Waals surface area (Å²) in [4.78, 5) is 23.9. The van der Waals surface area contributed by atoms with Crippen molar-refractivity contribution >= 4 is 32.6 Å². The van der Waals surface area contributed by atoms with E-state index in [-0.39, 0.29) is 5.91 Å². The summed E-state index contributed by atoms with van der Waals surface area (Å²) in [6.07, 6.45) is 7.73. The Kier molecular flexibility index (Phi) is 6.00. The SMILES string of the molecule is CCc1ccc2nc(N(CCCn3ccnc3)C(=O)Cc3ccccc3)sc2c1. The Labute approximate surface area is 174 Å². The van der Waals surface area contributed by atoms with Gasteiger partial charge in [-0.15, -0.1) is 0 Å². The zero-order valence-electron chi connectivity index (χ0n) is 16.5. The van der Waals surface area contributed by atoms with Gasteiger partial charge in [0.1, 0.15) is 0 Å². The van der Waals surface area contributed by atoms with Gasteiger partial charge >= 0.3 is 0 Å². The number of benzene rings is 2. The molecule has 0 aliphatic rings. The lowest BCUT2D eigenvalue weighted by Gasteiger charge is -2.20. The molecule has 0 radical (unpaired) electrons. The van der Waals surface area contributed by atoms with Crippen LogP contribution in [0, 0.1) is 0 Å². The summed E-state index contributed by atoms with van der Waals surface area (Å²) in [5, 5.41) is 0.778. The molecule has 0 saturated heterocycles. The summed E-state index contributed by atoms with van der Waals surface area (Å²) < 4.78 is 3.16. The van der Waals surface area contributed by atoms with E-state index in [1.807, 2.05) is 46.0 Å². The first-order valence-corrected chi connectivity index (χ1v) is 10.7. The van der Waals surface area contributed by atoms with E-state index in [1.165, 1.54) is 5.56 Å². The van der Waals surface area contributed by atoms with E-state index >= 15 is 0 Å². The van der Waals surface area contributed by atoms with E-state index in [2.05, 4.69) is 30.1 Å². The molecule has 2 aromatic heterocycles. The number of fused-ring (bicyclic) bond motifs is 1. The summed E-state index contributed by atoms with van der Waals surface area (Å²) >= 11 is 1.60. The summed E-state index contributed by atoms with van der Waals surface area (Å²) in [6, 6.07) is 16.2. The third-order valence-corrected chi connectivity index (χ3v) is 5.98. The highest BCUT2D eigenvalue weighted by molar-refractivity contribution is 7.22. The minimum Gasteiger partial charge on any atom is -0.337 e. The number of hydrogen-bond acceptors (Lipinski definition) is 4. The predicted molar refractivity (Wildman–Crippen MR) is 118 cm³/mol. The largest absolute Gasteiger partial charge is 0.337 e. The first-order chi connectivity index (χ1) is 14.2. The third kappa shape index (κ3) is 4.71. The molecule has 0 aliphatic heterocycles. The average molecular weight is 405 g/mol. The van der Waals surface area contributed by atoms with Gasteiger partial charge in [0.05, 0.1) is 23.0 Å². The summed E-state index contributed by atoms with van der Waals surface area (Å²) in [5.41, 5.74) is 3.26. The standard InChI is InChI=1S/C23H24N4OS/c1-2-18-9-10-20-21(15-18)29-23(25-20)27(13-6-12-26-14-11-24-17-26)22(28)16-19-7-4-3-5-8-19/h3-5,7-11,14-15,17H,2,6,12-13,16H2,1H3. The number of aryl methyl sites for hydroxylation is 2. The molecule has 0 N–H and O–H groups in total. The summed E-state index contributed by atoms with van der Waals surface area (Å²) in [6.45, 7) is 3.60. The smallest absolute Gasteiger partial charge is 0.233 e. The van der Waals surface area contributed by atoms with E-state index in [9.17, 15) is 4.79 Å². The second kappa shape index (κ2) is 9.01. The van der Waals surface area contributed by atoms with Gasteiger partial charge in [-0.2, -0.15) is 0 Å². The van der Waals surface area contributed by atoms with Crippen molar-refractivity contribution in [2.24, 2.45) is 0 Å². The van der Waals surface area contributed by atoms with Crippen molar-refractivity contribution in [3.05, 3.63) is 78.4 Å². The molecule has 4 rings (SSSR count). The second-order valence-corrected chi connectivity index (χ2v) is 8.02. The van der Waals surface area contributed by atoms with Crippen LogP contribution in [0.25, 0.3) is 10.2 Å². The molecule has 2 aromatic carbocycles. The van der Waals surface area contributed by atoms with Crippen molar-refractivity contribution < 1.29 is 4.79 Å². The molecule has 5 nitrogen and oxygen atoms in total. The molecule has 1 amide bonds. The molecule has 0 unspecified atom stereocenters. The van der Waals surface area contributed by atoms with Gasteiger partial charge < -0.3 is 4.57 Å². The lowest BCUT2D eigenvalue weighted by molar-refractivity contribution is -0.118. The maximum atomic E-state index is 13.2. The molecule has 6 heteroatoms. The maximum absolute atomic E-state index is 13.2. The van der Waals surface area contributed by atoms with E-state index in [0.717, 1.165) is 40.3 Å². The van der Waals surface area contributed by atoms with Crippen LogP contribution in [0.1, 0.15) is 24.5 Å². The van der Waals surface area contributed by atoms with E-state index in [0.29, 0.717) is 13.0 Å². The van der Waals surface area contributed by atoms with Crippen LogP contribution in [-0.4, -0.2) is 27.0 Å². The van der Waals surface area contributed by atoms with Gasteiger partial charge in [0.25, 0.3) is 0 Å². The minimum atomic E-state index is 0.0802. The van der Waals surface area contributed by atoms with Gasteiger partial charge in [-0.25, -0.2) is 9.97 Å². The number of rotatable bonds is 8. The van der Waals surface area contributed by atoms with Gasteiger partial charge in [-0.1, -0.05) is 54.7 Å². The Morgan fingerprint density at radius 1 is 1.14 bits per heavy atom. The average Bonchev–Trinajstić information content (AvgIpc) is 3.40. The Morgan fingerprint density at radius 3 is 2.76 bits per heavy atom. The Morgan fingerprint density at radius 2 is 2.00 bits per heavy atom. The molecule has 0 aliphatic carbocycles. The highest BCUT2D eigenvalue weighted by Crippen LogP contribution is 2.30. The number of amides is 1. The molecule has 4 aromatic rings. The number of imidazole rings is 1. The molecule has 29 heavy (non-hydrogen) atoms. The van der Waals surface area contributed by atoms with Crippen LogP contribution in [0.15, 0.2) is 67.3 Å². The number of aromatic nitrogens is 3. The van der Waals surface area contributed by atoms with Crippen molar-refractivity contribution in [2.75, 3.05) is 11.4 Å². The van der Waals surface area contributed by atoms with Crippen molar-refractivity contribution in [3.8, 4) is 0 Å². The van der Waals surface area contributed by atoms with Crippen LogP contribution < -0.4 is 4.90 Å². The van der Waals surface area contributed by atoms with E-state index < -0.39 is 0 Å².